The second-order valence-corrected chi connectivity index (χ2v) is 5.35. The zero-order chi connectivity index (χ0) is 14.8. The van der Waals surface area contributed by atoms with Crippen molar-refractivity contribution < 1.29 is 9.90 Å². The molecule has 20 heavy (non-hydrogen) atoms. The number of aliphatic hydroxyl groups is 1. The van der Waals surface area contributed by atoms with Gasteiger partial charge in [0.2, 0.25) is 5.91 Å². The highest BCUT2D eigenvalue weighted by Crippen LogP contribution is 2.05. The molecule has 1 rings (SSSR count). The van der Waals surface area contributed by atoms with Gasteiger partial charge in [-0.25, -0.2) is 0 Å². The van der Waals surface area contributed by atoms with Crippen molar-refractivity contribution in [2.24, 2.45) is 5.92 Å². The minimum atomic E-state index is -0.310. The summed E-state index contributed by atoms with van der Waals surface area (Å²) in [5, 5.41) is 12.2. The van der Waals surface area contributed by atoms with E-state index < -0.39 is 0 Å². The molecule has 0 spiro atoms. The first-order valence-electron chi connectivity index (χ1n) is 7.24. The van der Waals surface area contributed by atoms with E-state index in [1.165, 1.54) is 0 Å². The molecule has 1 aromatic carbocycles. The Bertz CT molecular complexity index is 412. The highest BCUT2D eigenvalue weighted by molar-refractivity contribution is 5.76. The van der Waals surface area contributed by atoms with Crippen LogP contribution in [0.25, 0.3) is 6.08 Å². The molecule has 0 aliphatic heterocycles. The maximum atomic E-state index is 11.6. The molecular formula is C17H25NO2. The fraction of sp³-hybridized carbons (Fsp3) is 0.471. The van der Waals surface area contributed by atoms with Crippen LogP contribution in [-0.2, 0) is 4.79 Å². The second kappa shape index (κ2) is 9.32. The molecule has 0 bridgehead atoms. The van der Waals surface area contributed by atoms with Gasteiger partial charge < -0.3 is 10.4 Å². The lowest BCUT2D eigenvalue weighted by Gasteiger charge is -2.13. The Kier molecular flexibility index (Phi) is 7.66. The van der Waals surface area contributed by atoms with Gasteiger partial charge in [-0.3, -0.25) is 4.79 Å². The number of nitrogens with one attached hydrogen (secondary N) is 1. The predicted octanol–water partition coefficient (Wildman–Crippen LogP) is 3.00. The van der Waals surface area contributed by atoms with Crippen LogP contribution in [0.3, 0.4) is 0 Å². The number of hydrogen-bond acceptors (Lipinski definition) is 2. The van der Waals surface area contributed by atoms with Crippen molar-refractivity contribution in [3.63, 3.8) is 0 Å². The first-order chi connectivity index (χ1) is 9.58. The molecule has 2 atom stereocenters. The van der Waals surface area contributed by atoms with Gasteiger partial charge in [-0.05, 0) is 31.2 Å². The summed E-state index contributed by atoms with van der Waals surface area (Å²) in [6.07, 6.45) is 5.71. The molecule has 0 aliphatic rings. The molecule has 2 unspecified atom stereocenters. The van der Waals surface area contributed by atoms with Crippen LogP contribution in [0.1, 0.15) is 38.7 Å². The average Bonchev–Trinajstić information content (AvgIpc) is 2.42. The molecule has 0 saturated carbocycles. The number of allylic oxidation sites excluding steroid dienone is 1. The third kappa shape index (κ3) is 7.74. The van der Waals surface area contributed by atoms with E-state index in [9.17, 15) is 9.90 Å². The number of carbonyl (C=O) groups is 1. The molecule has 0 saturated heterocycles. The monoisotopic (exact) mass is 275 g/mol. The fourth-order valence-corrected chi connectivity index (χ4v) is 2.04. The zero-order valence-corrected chi connectivity index (χ0v) is 12.4. The molecule has 2 N–H and O–H groups in total. The van der Waals surface area contributed by atoms with E-state index in [2.05, 4.69) is 5.32 Å². The van der Waals surface area contributed by atoms with Crippen LogP contribution in [0, 0.1) is 5.92 Å². The zero-order valence-electron chi connectivity index (χ0n) is 12.4. The van der Waals surface area contributed by atoms with Gasteiger partial charge in [0.1, 0.15) is 0 Å². The maximum absolute atomic E-state index is 11.6. The van der Waals surface area contributed by atoms with Crippen LogP contribution in [-0.4, -0.2) is 23.7 Å². The number of hydrogen-bond donors (Lipinski definition) is 2. The van der Waals surface area contributed by atoms with Crippen molar-refractivity contribution >= 4 is 12.0 Å². The lowest BCUT2D eigenvalue weighted by molar-refractivity contribution is -0.121. The van der Waals surface area contributed by atoms with Gasteiger partial charge in [0, 0.05) is 13.0 Å². The molecular weight excluding hydrogens is 250 g/mol. The highest BCUT2D eigenvalue weighted by Gasteiger charge is 2.07. The standard InChI is InChI=1S/C17H25NO2/c1-14(12-15(2)19)13-18-17(20)11-7-6-10-16-8-4-3-5-9-16/h3-6,8-10,14-15,19H,7,11-13H2,1-2H3,(H,18,20). The topological polar surface area (TPSA) is 49.3 Å². The molecule has 1 aromatic rings. The lowest BCUT2D eigenvalue weighted by Crippen LogP contribution is -2.29. The molecule has 3 heteroatoms. The van der Waals surface area contributed by atoms with Gasteiger partial charge in [-0.1, -0.05) is 49.4 Å². The van der Waals surface area contributed by atoms with Gasteiger partial charge in [0.05, 0.1) is 6.10 Å². The average molecular weight is 275 g/mol. The third-order valence-corrected chi connectivity index (χ3v) is 3.04. The van der Waals surface area contributed by atoms with E-state index in [1.807, 2.05) is 49.4 Å². The Balaban J connectivity index is 2.16. The molecule has 0 fully saturated rings. The predicted molar refractivity (Wildman–Crippen MR) is 83.2 cm³/mol. The summed E-state index contributed by atoms with van der Waals surface area (Å²) in [5.74, 6) is 0.374. The number of carbonyl (C=O) groups excluding carboxylic acids is 1. The Morgan fingerprint density at radius 1 is 1.30 bits per heavy atom. The van der Waals surface area contributed by atoms with Crippen molar-refractivity contribution in [3.8, 4) is 0 Å². The number of aliphatic hydroxyl groups excluding tert-OH is 1. The van der Waals surface area contributed by atoms with Gasteiger partial charge in [0.25, 0.3) is 0 Å². The molecule has 0 heterocycles. The summed E-state index contributed by atoms with van der Waals surface area (Å²) in [4.78, 5) is 11.6. The summed E-state index contributed by atoms with van der Waals surface area (Å²) in [5.41, 5.74) is 1.15. The normalized spacial score (nSPS) is 14.2. The van der Waals surface area contributed by atoms with Gasteiger partial charge >= 0.3 is 0 Å². The van der Waals surface area contributed by atoms with Crippen LogP contribution in [0.2, 0.25) is 0 Å². The molecule has 3 nitrogen and oxygen atoms in total. The highest BCUT2D eigenvalue weighted by atomic mass is 16.3. The van der Waals surface area contributed by atoms with Crippen molar-refractivity contribution in [3.05, 3.63) is 42.0 Å². The van der Waals surface area contributed by atoms with Crippen LogP contribution in [0.15, 0.2) is 36.4 Å². The van der Waals surface area contributed by atoms with Crippen LogP contribution < -0.4 is 5.32 Å². The van der Waals surface area contributed by atoms with E-state index in [4.69, 9.17) is 0 Å². The van der Waals surface area contributed by atoms with E-state index >= 15 is 0 Å². The molecule has 0 aliphatic carbocycles. The van der Waals surface area contributed by atoms with Crippen molar-refractivity contribution in [1.29, 1.82) is 0 Å². The Morgan fingerprint density at radius 3 is 2.65 bits per heavy atom. The van der Waals surface area contributed by atoms with Gasteiger partial charge in [-0.2, -0.15) is 0 Å². The Morgan fingerprint density at radius 2 is 2.00 bits per heavy atom. The third-order valence-electron chi connectivity index (χ3n) is 3.04. The number of rotatable bonds is 8. The minimum absolute atomic E-state index is 0.0696. The fourth-order valence-electron chi connectivity index (χ4n) is 2.04. The molecule has 1 amide bonds. The summed E-state index contributed by atoms with van der Waals surface area (Å²) < 4.78 is 0. The van der Waals surface area contributed by atoms with Gasteiger partial charge in [0.15, 0.2) is 0 Å². The van der Waals surface area contributed by atoms with E-state index in [0.717, 1.165) is 12.0 Å². The summed E-state index contributed by atoms with van der Waals surface area (Å²) in [6.45, 7) is 4.43. The first kappa shape index (κ1) is 16.4. The summed E-state index contributed by atoms with van der Waals surface area (Å²) >= 11 is 0. The largest absolute Gasteiger partial charge is 0.393 e. The quantitative estimate of drug-likeness (QED) is 0.766. The maximum Gasteiger partial charge on any atom is 0.220 e. The Labute approximate surface area is 121 Å². The molecule has 0 aromatic heterocycles. The first-order valence-corrected chi connectivity index (χ1v) is 7.24. The molecule has 0 radical (unpaired) electrons. The summed E-state index contributed by atoms with van der Waals surface area (Å²) in [7, 11) is 0. The smallest absolute Gasteiger partial charge is 0.220 e. The van der Waals surface area contributed by atoms with Crippen LogP contribution in [0.4, 0.5) is 0 Å². The SMILES string of the molecule is CC(O)CC(C)CNC(=O)CCC=Cc1ccccc1. The second-order valence-electron chi connectivity index (χ2n) is 5.35. The lowest BCUT2D eigenvalue weighted by atomic mass is 10.0. The van der Waals surface area contributed by atoms with Crippen molar-refractivity contribution in [2.75, 3.05) is 6.54 Å². The van der Waals surface area contributed by atoms with Crippen LogP contribution in [0.5, 0.6) is 0 Å². The number of amides is 1. The van der Waals surface area contributed by atoms with Gasteiger partial charge in [-0.15, -0.1) is 0 Å². The van der Waals surface area contributed by atoms with E-state index in [-0.39, 0.29) is 12.0 Å². The van der Waals surface area contributed by atoms with Crippen LogP contribution >= 0.6 is 0 Å². The van der Waals surface area contributed by atoms with Crippen molar-refractivity contribution in [2.45, 2.75) is 39.2 Å². The van der Waals surface area contributed by atoms with E-state index in [1.54, 1.807) is 6.92 Å². The number of benzene rings is 1. The molecule has 110 valence electrons. The Hall–Kier alpha value is -1.61. The minimum Gasteiger partial charge on any atom is -0.393 e. The summed E-state index contributed by atoms with van der Waals surface area (Å²) in [6, 6.07) is 10.0. The van der Waals surface area contributed by atoms with E-state index in [0.29, 0.717) is 25.3 Å². The van der Waals surface area contributed by atoms with Crippen molar-refractivity contribution in [1.82, 2.24) is 5.32 Å².